The van der Waals surface area contributed by atoms with Crippen molar-refractivity contribution in [3.8, 4) is 0 Å². The van der Waals surface area contributed by atoms with Crippen molar-refractivity contribution in [2.75, 3.05) is 0 Å². The zero-order chi connectivity index (χ0) is 10.3. The van der Waals surface area contributed by atoms with Crippen LogP contribution in [-0.4, -0.2) is 16.1 Å². The summed E-state index contributed by atoms with van der Waals surface area (Å²) >= 11 is 0. The molecule has 1 heterocycles. The van der Waals surface area contributed by atoms with Crippen molar-refractivity contribution >= 4 is 5.97 Å². The van der Waals surface area contributed by atoms with E-state index in [0.717, 1.165) is 12.8 Å². The Bertz CT molecular complexity index is 365. The normalized spacial score (nSPS) is 18.1. The van der Waals surface area contributed by atoms with Gasteiger partial charge in [0.25, 0.3) is 0 Å². The van der Waals surface area contributed by atoms with Crippen molar-refractivity contribution in [2.24, 2.45) is 5.92 Å². The molecule has 14 heavy (non-hydrogen) atoms. The molecule has 1 fully saturated rings. The number of nitrogens with zero attached hydrogens (tertiary/aromatic N) is 1. The second-order valence-electron chi connectivity index (χ2n) is 3.84. The van der Waals surface area contributed by atoms with Crippen LogP contribution in [0.5, 0.6) is 0 Å². The topological polar surface area (TPSA) is 63.3 Å². The van der Waals surface area contributed by atoms with Crippen LogP contribution in [0.2, 0.25) is 0 Å². The monoisotopic (exact) mass is 195 g/mol. The molecule has 1 atom stereocenters. The summed E-state index contributed by atoms with van der Waals surface area (Å²) in [4.78, 5) is 15.1. The van der Waals surface area contributed by atoms with Crippen molar-refractivity contribution in [3.63, 3.8) is 0 Å². The number of oxazole rings is 1. The van der Waals surface area contributed by atoms with E-state index < -0.39 is 11.9 Å². The largest absolute Gasteiger partial charge is 0.481 e. The van der Waals surface area contributed by atoms with Gasteiger partial charge in [0.15, 0.2) is 5.89 Å². The molecule has 0 aromatic carbocycles. The predicted molar refractivity (Wildman–Crippen MR) is 49.1 cm³/mol. The molecule has 1 aliphatic rings. The van der Waals surface area contributed by atoms with Crippen LogP contribution in [0.25, 0.3) is 0 Å². The lowest BCUT2D eigenvalue weighted by atomic mass is 10.00. The highest BCUT2D eigenvalue weighted by molar-refractivity contribution is 5.76. The molecule has 0 radical (unpaired) electrons. The number of carboxylic acids is 1. The Kier molecular flexibility index (Phi) is 2.06. The summed E-state index contributed by atoms with van der Waals surface area (Å²) in [7, 11) is 0. The van der Waals surface area contributed by atoms with E-state index in [-0.39, 0.29) is 5.92 Å². The summed E-state index contributed by atoms with van der Waals surface area (Å²) in [5.41, 5.74) is 0.710. The Morgan fingerprint density at radius 1 is 1.57 bits per heavy atom. The van der Waals surface area contributed by atoms with Gasteiger partial charge < -0.3 is 9.52 Å². The SMILES string of the molecule is Cc1nc(C)c(C(C(=O)O)C2CC2)o1. The molecule has 1 saturated carbocycles. The van der Waals surface area contributed by atoms with E-state index in [0.29, 0.717) is 17.3 Å². The lowest BCUT2D eigenvalue weighted by Gasteiger charge is -2.07. The van der Waals surface area contributed by atoms with Crippen LogP contribution in [0.1, 0.15) is 36.1 Å². The van der Waals surface area contributed by atoms with E-state index in [2.05, 4.69) is 4.98 Å². The van der Waals surface area contributed by atoms with Gasteiger partial charge in [0.1, 0.15) is 11.7 Å². The highest BCUT2D eigenvalue weighted by Crippen LogP contribution is 2.43. The Hall–Kier alpha value is -1.32. The van der Waals surface area contributed by atoms with Gasteiger partial charge in [-0.1, -0.05) is 0 Å². The number of aryl methyl sites for hydroxylation is 2. The maximum atomic E-state index is 11.1. The molecule has 0 amide bonds. The van der Waals surface area contributed by atoms with Gasteiger partial charge in [0, 0.05) is 6.92 Å². The van der Waals surface area contributed by atoms with Crippen molar-refractivity contribution in [2.45, 2.75) is 32.6 Å². The third-order valence-corrected chi connectivity index (χ3v) is 2.58. The van der Waals surface area contributed by atoms with Crippen molar-refractivity contribution in [1.29, 1.82) is 0 Å². The number of rotatable bonds is 3. The van der Waals surface area contributed by atoms with Crippen LogP contribution in [0.15, 0.2) is 4.42 Å². The molecule has 4 heteroatoms. The van der Waals surface area contributed by atoms with Gasteiger partial charge in [-0.25, -0.2) is 4.98 Å². The van der Waals surface area contributed by atoms with Crippen LogP contribution in [0, 0.1) is 19.8 Å². The van der Waals surface area contributed by atoms with E-state index in [1.54, 1.807) is 13.8 Å². The Balaban J connectivity index is 2.34. The van der Waals surface area contributed by atoms with Crippen LogP contribution >= 0.6 is 0 Å². The number of aromatic nitrogens is 1. The summed E-state index contributed by atoms with van der Waals surface area (Å²) in [6.45, 7) is 3.53. The first kappa shape index (κ1) is 9.24. The van der Waals surface area contributed by atoms with Crippen LogP contribution in [0.3, 0.4) is 0 Å². The Morgan fingerprint density at radius 2 is 2.21 bits per heavy atom. The molecule has 0 spiro atoms. The van der Waals surface area contributed by atoms with Gasteiger partial charge in [-0.15, -0.1) is 0 Å². The molecule has 0 bridgehead atoms. The maximum absolute atomic E-state index is 11.1. The minimum absolute atomic E-state index is 0.249. The van der Waals surface area contributed by atoms with Gasteiger partial charge in [-0.2, -0.15) is 0 Å². The molecular formula is C10H13NO3. The number of carbonyl (C=O) groups is 1. The molecule has 1 aliphatic carbocycles. The van der Waals surface area contributed by atoms with Gasteiger partial charge in [-0.05, 0) is 25.7 Å². The lowest BCUT2D eigenvalue weighted by Crippen LogP contribution is -2.13. The first-order valence-electron chi connectivity index (χ1n) is 4.76. The molecular weight excluding hydrogens is 182 g/mol. The Morgan fingerprint density at radius 3 is 2.57 bits per heavy atom. The van der Waals surface area contributed by atoms with Crippen molar-refractivity contribution in [3.05, 3.63) is 17.3 Å². The average molecular weight is 195 g/mol. The first-order valence-corrected chi connectivity index (χ1v) is 4.76. The van der Waals surface area contributed by atoms with E-state index in [9.17, 15) is 4.79 Å². The summed E-state index contributed by atoms with van der Waals surface area (Å²) < 4.78 is 5.35. The first-order chi connectivity index (χ1) is 6.59. The van der Waals surface area contributed by atoms with E-state index in [1.807, 2.05) is 0 Å². The van der Waals surface area contributed by atoms with Gasteiger partial charge >= 0.3 is 5.97 Å². The molecule has 76 valence electrons. The third kappa shape index (κ3) is 1.52. The fourth-order valence-corrected chi connectivity index (χ4v) is 1.79. The number of carboxylic acid groups (broad SMARTS) is 1. The molecule has 0 aliphatic heterocycles. The fraction of sp³-hybridized carbons (Fsp3) is 0.600. The molecule has 2 rings (SSSR count). The quantitative estimate of drug-likeness (QED) is 0.799. The van der Waals surface area contributed by atoms with E-state index in [1.165, 1.54) is 0 Å². The van der Waals surface area contributed by atoms with E-state index >= 15 is 0 Å². The lowest BCUT2D eigenvalue weighted by molar-refractivity contribution is -0.139. The van der Waals surface area contributed by atoms with Crippen molar-refractivity contribution in [1.82, 2.24) is 4.98 Å². The summed E-state index contributed by atoms with van der Waals surface area (Å²) in [5, 5.41) is 9.08. The number of hydrogen-bond acceptors (Lipinski definition) is 3. The fourth-order valence-electron chi connectivity index (χ4n) is 1.79. The average Bonchev–Trinajstić information content (AvgIpc) is 2.81. The van der Waals surface area contributed by atoms with Gasteiger partial charge in [0.05, 0.1) is 5.69 Å². The van der Waals surface area contributed by atoms with Crippen LogP contribution < -0.4 is 0 Å². The van der Waals surface area contributed by atoms with Crippen LogP contribution in [-0.2, 0) is 4.79 Å². The van der Waals surface area contributed by atoms with E-state index in [4.69, 9.17) is 9.52 Å². The minimum atomic E-state index is -0.799. The molecule has 4 nitrogen and oxygen atoms in total. The predicted octanol–water partition coefficient (Wildman–Crippen LogP) is 1.87. The number of aliphatic carboxylic acids is 1. The smallest absolute Gasteiger partial charge is 0.314 e. The van der Waals surface area contributed by atoms with Crippen molar-refractivity contribution < 1.29 is 14.3 Å². The Labute approximate surface area is 81.9 Å². The maximum Gasteiger partial charge on any atom is 0.314 e. The summed E-state index contributed by atoms with van der Waals surface area (Å²) in [6.07, 6.45) is 1.96. The number of hydrogen-bond donors (Lipinski definition) is 1. The zero-order valence-electron chi connectivity index (χ0n) is 8.28. The second kappa shape index (κ2) is 3.12. The molecule has 1 aromatic rings. The molecule has 1 unspecified atom stereocenters. The minimum Gasteiger partial charge on any atom is -0.481 e. The zero-order valence-corrected chi connectivity index (χ0v) is 8.28. The van der Waals surface area contributed by atoms with Gasteiger partial charge in [-0.3, -0.25) is 4.79 Å². The molecule has 1 N–H and O–H groups in total. The highest BCUT2D eigenvalue weighted by Gasteiger charge is 2.40. The molecule has 1 aromatic heterocycles. The standard InChI is InChI=1S/C10H13NO3/c1-5-9(14-6(2)11-5)8(10(12)13)7-3-4-7/h7-8H,3-4H2,1-2H3,(H,12,13). The highest BCUT2D eigenvalue weighted by atomic mass is 16.4. The van der Waals surface area contributed by atoms with Gasteiger partial charge in [0.2, 0.25) is 0 Å². The second-order valence-corrected chi connectivity index (χ2v) is 3.84. The third-order valence-electron chi connectivity index (χ3n) is 2.58. The molecule has 0 saturated heterocycles. The summed E-state index contributed by atoms with van der Waals surface area (Å²) in [5.74, 6) is 0.0448. The summed E-state index contributed by atoms with van der Waals surface area (Å²) in [6, 6.07) is 0. The van der Waals surface area contributed by atoms with Crippen LogP contribution in [0.4, 0.5) is 0 Å².